The average molecular weight is 326 g/mol. The maximum absolute atomic E-state index is 12.0. The monoisotopic (exact) mass is 326 g/mol. The molecule has 1 rings (SSSR count). The summed E-state index contributed by atoms with van der Waals surface area (Å²) in [6, 6.07) is 2.63. The van der Waals surface area contributed by atoms with Gasteiger partial charge in [-0.25, -0.2) is 4.79 Å². The zero-order valence-electron chi connectivity index (χ0n) is 13.0. The van der Waals surface area contributed by atoms with E-state index in [9.17, 15) is 14.4 Å². The number of hydrogen-bond acceptors (Lipinski definition) is 7. The van der Waals surface area contributed by atoms with E-state index in [-0.39, 0.29) is 22.8 Å². The van der Waals surface area contributed by atoms with Gasteiger partial charge in [0.25, 0.3) is 11.8 Å². The summed E-state index contributed by atoms with van der Waals surface area (Å²) in [4.78, 5) is 33.8. The molecule has 9 heteroatoms. The van der Waals surface area contributed by atoms with E-state index in [2.05, 4.69) is 0 Å². The summed E-state index contributed by atoms with van der Waals surface area (Å²) in [5, 5.41) is 0. The van der Waals surface area contributed by atoms with Gasteiger partial charge in [-0.15, -0.1) is 0 Å². The molecule has 1 aromatic rings. The first-order valence-electron chi connectivity index (χ1n) is 6.47. The largest absolute Gasteiger partial charge is 0.493 e. The van der Waals surface area contributed by atoms with E-state index in [1.54, 1.807) is 0 Å². The number of esters is 1. The predicted molar refractivity (Wildman–Crippen MR) is 78.3 cm³/mol. The minimum absolute atomic E-state index is 0.0539. The van der Waals surface area contributed by atoms with Gasteiger partial charge in [0, 0.05) is 0 Å². The van der Waals surface area contributed by atoms with Crippen LogP contribution >= 0.6 is 0 Å². The van der Waals surface area contributed by atoms with E-state index in [1.807, 2.05) is 0 Å². The Bertz CT molecular complexity index is 590. The molecule has 0 saturated carbocycles. The highest BCUT2D eigenvalue weighted by Crippen LogP contribution is 2.38. The Morgan fingerprint density at radius 1 is 1.09 bits per heavy atom. The van der Waals surface area contributed by atoms with Gasteiger partial charge in [0.15, 0.2) is 24.2 Å². The van der Waals surface area contributed by atoms with Gasteiger partial charge in [-0.05, 0) is 19.1 Å². The third-order valence-electron chi connectivity index (χ3n) is 2.74. The molecular weight excluding hydrogens is 308 g/mol. The van der Waals surface area contributed by atoms with Crippen LogP contribution in [0.15, 0.2) is 12.1 Å². The van der Waals surface area contributed by atoms with Gasteiger partial charge in [-0.1, -0.05) is 0 Å². The van der Waals surface area contributed by atoms with Crippen molar-refractivity contribution in [1.29, 1.82) is 0 Å². The zero-order valence-corrected chi connectivity index (χ0v) is 13.0. The molecule has 23 heavy (non-hydrogen) atoms. The summed E-state index contributed by atoms with van der Waals surface area (Å²) >= 11 is 0. The first-order chi connectivity index (χ1) is 10.8. The molecule has 0 aliphatic rings. The first kappa shape index (κ1) is 18.1. The molecule has 1 atom stereocenters. The van der Waals surface area contributed by atoms with Crippen LogP contribution in [0.4, 0.5) is 0 Å². The number of carbonyl (C=O) groups excluding carboxylic acids is 3. The molecule has 0 fully saturated rings. The highest BCUT2D eigenvalue weighted by atomic mass is 16.6. The van der Waals surface area contributed by atoms with Crippen LogP contribution in [0.25, 0.3) is 0 Å². The van der Waals surface area contributed by atoms with Gasteiger partial charge in [-0.2, -0.15) is 0 Å². The maximum atomic E-state index is 12.0. The fourth-order valence-corrected chi connectivity index (χ4v) is 1.57. The molecule has 0 unspecified atom stereocenters. The van der Waals surface area contributed by atoms with Gasteiger partial charge in [0.2, 0.25) is 5.75 Å². The number of rotatable bonds is 8. The number of methoxy groups -OCH3 is 2. The van der Waals surface area contributed by atoms with Gasteiger partial charge in [0.05, 0.1) is 19.8 Å². The molecule has 1 aromatic carbocycles. The zero-order chi connectivity index (χ0) is 17.6. The second-order valence-electron chi connectivity index (χ2n) is 4.41. The lowest BCUT2D eigenvalue weighted by Gasteiger charge is -2.16. The Balaban J connectivity index is 3.14. The Hall–Kier alpha value is -2.97. The van der Waals surface area contributed by atoms with Crippen LogP contribution in [0.2, 0.25) is 0 Å². The van der Waals surface area contributed by atoms with Crippen molar-refractivity contribution in [3.63, 3.8) is 0 Å². The molecule has 0 aliphatic carbocycles. The van der Waals surface area contributed by atoms with Gasteiger partial charge >= 0.3 is 5.97 Å². The molecule has 0 aliphatic heterocycles. The molecule has 0 radical (unpaired) electrons. The minimum atomic E-state index is -1.09. The molecule has 0 heterocycles. The Labute approximate surface area is 132 Å². The fraction of sp³-hybridized carbons (Fsp3) is 0.357. The molecule has 0 saturated heterocycles. The third-order valence-corrected chi connectivity index (χ3v) is 2.74. The lowest BCUT2D eigenvalue weighted by atomic mass is 10.2. The summed E-state index contributed by atoms with van der Waals surface area (Å²) in [5.74, 6) is -1.90. The number of ether oxygens (including phenoxy) is 4. The van der Waals surface area contributed by atoms with Crippen molar-refractivity contribution in [2.75, 3.05) is 20.8 Å². The Morgan fingerprint density at radius 2 is 1.61 bits per heavy atom. The van der Waals surface area contributed by atoms with Crippen molar-refractivity contribution in [3.8, 4) is 17.2 Å². The molecule has 2 amide bonds. The molecule has 126 valence electrons. The standard InChI is InChI=1S/C14H18N2O7/c1-7(13(16)18)23-14(19)8-4-9(20-2)12(10(5-8)21-3)22-6-11(15)17/h4-5,7H,6H2,1-3H3,(H2,15,17)(H2,16,18)/t7-/m0/s1. The van der Waals surface area contributed by atoms with E-state index < -0.39 is 30.5 Å². The number of carbonyl (C=O) groups is 3. The smallest absolute Gasteiger partial charge is 0.339 e. The molecule has 0 bridgehead atoms. The van der Waals surface area contributed by atoms with Crippen molar-refractivity contribution in [2.24, 2.45) is 11.5 Å². The number of amides is 2. The SMILES string of the molecule is COc1cc(C(=O)O[C@@H](C)C(N)=O)cc(OC)c1OCC(N)=O. The van der Waals surface area contributed by atoms with Crippen molar-refractivity contribution >= 4 is 17.8 Å². The molecule has 0 spiro atoms. The average Bonchev–Trinajstić information content (AvgIpc) is 2.51. The van der Waals surface area contributed by atoms with E-state index >= 15 is 0 Å². The normalized spacial score (nSPS) is 11.3. The number of nitrogens with two attached hydrogens (primary N) is 2. The highest BCUT2D eigenvalue weighted by Gasteiger charge is 2.21. The van der Waals surface area contributed by atoms with Crippen LogP contribution in [0.5, 0.6) is 17.2 Å². The molecular formula is C14H18N2O7. The van der Waals surface area contributed by atoms with Crippen molar-refractivity contribution in [2.45, 2.75) is 13.0 Å². The van der Waals surface area contributed by atoms with E-state index in [0.29, 0.717) is 0 Å². The van der Waals surface area contributed by atoms with Crippen LogP contribution in [-0.2, 0) is 14.3 Å². The van der Waals surface area contributed by atoms with Gasteiger partial charge in [-0.3, -0.25) is 9.59 Å². The van der Waals surface area contributed by atoms with Crippen LogP contribution < -0.4 is 25.7 Å². The number of primary amides is 2. The van der Waals surface area contributed by atoms with Gasteiger partial charge < -0.3 is 30.4 Å². The van der Waals surface area contributed by atoms with E-state index in [0.717, 1.165) is 0 Å². The summed E-state index contributed by atoms with van der Waals surface area (Å²) in [6.07, 6.45) is -1.09. The highest BCUT2D eigenvalue weighted by molar-refractivity contribution is 5.93. The minimum Gasteiger partial charge on any atom is -0.493 e. The van der Waals surface area contributed by atoms with Crippen LogP contribution in [0.1, 0.15) is 17.3 Å². The molecule has 9 nitrogen and oxygen atoms in total. The van der Waals surface area contributed by atoms with E-state index in [1.165, 1.54) is 33.3 Å². The third kappa shape index (κ3) is 4.77. The van der Waals surface area contributed by atoms with Crippen LogP contribution in [-0.4, -0.2) is 44.7 Å². The van der Waals surface area contributed by atoms with Crippen LogP contribution in [0, 0.1) is 0 Å². The van der Waals surface area contributed by atoms with E-state index in [4.69, 9.17) is 30.4 Å². The quantitative estimate of drug-likeness (QED) is 0.619. The maximum Gasteiger partial charge on any atom is 0.339 e. The fourth-order valence-electron chi connectivity index (χ4n) is 1.57. The van der Waals surface area contributed by atoms with Crippen molar-refractivity contribution in [3.05, 3.63) is 17.7 Å². The topological polar surface area (TPSA) is 140 Å². The molecule has 0 aromatic heterocycles. The second kappa shape index (κ2) is 7.87. The summed E-state index contributed by atoms with van der Waals surface area (Å²) in [7, 11) is 2.68. The first-order valence-corrected chi connectivity index (χ1v) is 6.47. The lowest BCUT2D eigenvalue weighted by Crippen LogP contribution is -2.30. The Morgan fingerprint density at radius 3 is 2.00 bits per heavy atom. The number of benzene rings is 1. The number of hydrogen-bond donors (Lipinski definition) is 2. The van der Waals surface area contributed by atoms with Crippen molar-refractivity contribution < 1.29 is 33.3 Å². The summed E-state index contributed by atoms with van der Waals surface area (Å²) < 4.78 is 20.3. The Kier molecular flexibility index (Phi) is 6.19. The molecule has 4 N–H and O–H groups in total. The predicted octanol–water partition coefficient (Wildman–Crippen LogP) is -0.401. The van der Waals surface area contributed by atoms with Crippen LogP contribution in [0.3, 0.4) is 0 Å². The summed E-state index contributed by atoms with van der Waals surface area (Å²) in [6.45, 7) is 0.953. The van der Waals surface area contributed by atoms with Gasteiger partial charge in [0.1, 0.15) is 0 Å². The second-order valence-corrected chi connectivity index (χ2v) is 4.41. The lowest BCUT2D eigenvalue weighted by molar-refractivity contribution is -0.125. The summed E-state index contributed by atoms with van der Waals surface area (Å²) in [5.41, 5.74) is 10.1. The van der Waals surface area contributed by atoms with Crippen molar-refractivity contribution in [1.82, 2.24) is 0 Å².